The summed E-state index contributed by atoms with van der Waals surface area (Å²) in [4.78, 5) is 0. The zero-order valence-corrected chi connectivity index (χ0v) is 12.7. The van der Waals surface area contributed by atoms with Gasteiger partial charge in [0.2, 0.25) is 0 Å². The minimum absolute atomic E-state index is 0.205. The molecule has 2 nitrogen and oxygen atoms in total. The number of benzene rings is 1. The summed E-state index contributed by atoms with van der Waals surface area (Å²) in [5, 5.41) is 6.76. The van der Waals surface area contributed by atoms with Crippen LogP contribution in [0.3, 0.4) is 0 Å². The molecule has 0 aromatic heterocycles. The van der Waals surface area contributed by atoms with Crippen LogP contribution in [0.15, 0.2) is 22.7 Å². The molecule has 0 heterocycles. The molecule has 18 heavy (non-hydrogen) atoms. The van der Waals surface area contributed by atoms with E-state index in [4.69, 9.17) is 0 Å². The fourth-order valence-electron chi connectivity index (χ4n) is 1.62. The summed E-state index contributed by atoms with van der Waals surface area (Å²) >= 11 is 3.36. The van der Waals surface area contributed by atoms with E-state index in [-0.39, 0.29) is 5.82 Å². The van der Waals surface area contributed by atoms with E-state index in [9.17, 15) is 4.39 Å². The molecule has 0 amide bonds. The highest BCUT2D eigenvalue weighted by molar-refractivity contribution is 9.10. The lowest BCUT2D eigenvalue weighted by molar-refractivity contribution is 0.530. The van der Waals surface area contributed by atoms with Crippen molar-refractivity contribution < 1.29 is 4.39 Å². The largest absolute Gasteiger partial charge is 0.316 e. The highest BCUT2D eigenvalue weighted by atomic mass is 79.9. The first-order valence-electron chi connectivity index (χ1n) is 6.45. The maximum absolute atomic E-state index is 12.9. The summed E-state index contributed by atoms with van der Waals surface area (Å²) in [5.74, 6) is 0.497. The molecule has 0 fully saturated rings. The zero-order valence-electron chi connectivity index (χ0n) is 11.1. The SMILES string of the molecule is CC(C)CNCCCNCc1ccc(F)cc1Br. The Balaban J connectivity index is 2.11. The van der Waals surface area contributed by atoms with Gasteiger partial charge < -0.3 is 10.6 Å². The van der Waals surface area contributed by atoms with Gasteiger partial charge in [0.15, 0.2) is 0 Å². The van der Waals surface area contributed by atoms with Crippen molar-refractivity contribution >= 4 is 15.9 Å². The van der Waals surface area contributed by atoms with Crippen LogP contribution in [0.1, 0.15) is 25.8 Å². The lowest BCUT2D eigenvalue weighted by Gasteiger charge is -2.09. The summed E-state index contributed by atoms with van der Waals surface area (Å²) < 4.78 is 13.7. The van der Waals surface area contributed by atoms with Crippen molar-refractivity contribution in [2.75, 3.05) is 19.6 Å². The van der Waals surface area contributed by atoms with E-state index in [1.165, 1.54) is 12.1 Å². The van der Waals surface area contributed by atoms with Crippen LogP contribution in [0.4, 0.5) is 4.39 Å². The van der Waals surface area contributed by atoms with Crippen LogP contribution in [-0.2, 0) is 6.54 Å². The van der Waals surface area contributed by atoms with Gasteiger partial charge in [0.1, 0.15) is 5.82 Å². The molecule has 0 bridgehead atoms. The molecular weight excluding hydrogens is 295 g/mol. The van der Waals surface area contributed by atoms with Crippen molar-refractivity contribution in [1.82, 2.24) is 10.6 Å². The van der Waals surface area contributed by atoms with E-state index in [1.54, 1.807) is 0 Å². The van der Waals surface area contributed by atoms with Crippen LogP contribution in [0.25, 0.3) is 0 Å². The molecule has 0 saturated carbocycles. The fourth-order valence-corrected chi connectivity index (χ4v) is 2.11. The highest BCUT2D eigenvalue weighted by Crippen LogP contribution is 2.17. The molecule has 0 aliphatic carbocycles. The maximum atomic E-state index is 12.9. The normalized spacial score (nSPS) is 11.2. The van der Waals surface area contributed by atoms with Crippen molar-refractivity contribution in [2.24, 2.45) is 5.92 Å². The predicted octanol–water partition coefficient (Wildman–Crippen LogP) is 3.31. The van der Waals surface area contributed by atoms with Gasteiger partial charge in [-0.3, -0.25) is 0 Å². The number of hydrogen-bond acceptors (Lipinski definition) is 2. The molecule has 1 aromatic rings. The van der Waals surface area contributed by atoms with E-state index in [2.05, 4.69) is 40.4 Å². The summed E-state index contributed by atoms with van der Waals surface area (Å²) in [6.45, 7) is 8.26. The van der Waals surface area contributed by atoms with Crippen molar-refractivity contribution in [3.63, 3.8) is 0 Å². The van der Waals surface area contributed by atoms with Crippen molar-refractivity contribution in [3.05, 3.63) is 34.1 Å². The Bertz CT molecular complexity index is 356. The third-order valence-corrected chi connectivity index (χ3v) is 3.33. The average molecular weight is 317 g/mol. The van der Waals surface area contributed by atoms with Gasteiger partial charge in [-0.05, 0) is 49.7 Å². The molecule has 0 spiro atoms. The van der Waals surface area contributed by atoms with E-state index >= 15 is 0 Å². The third kappa shape index (κ3) is 6.47. The van der Waals surface area contributed by atoms with Gasteiger partial charge in [-0.1, -0.05) is 35.8 Å². The monoisotopic (exact) mass is 316 g/mol. The van der Waals surface area contributed by atoms with E-state index in [0.29, 0.717) is 5.92 Å². The first-order valence-corrected chi connectivity index (χ1v) is 7.24. The quantitative estimate of drug-likeness (QED) is 0.719. The molecule has 1 aromatic carbocycles. The molecule has 102 valence electrons. The smallest absolute Gasteiger partial charge is 0.124 e. The van der Waals surface area contributed by atoms with Gasteiger partial charge in [-0.2, -0.15) is 0 Å². The topological polar surface area (TPSA) is 24.1 Å². The summed E-state index contributed by atoms with van der Waals surface area (Å²) in [6.07, 6.45) is 1.10. The van der Waals surface area contributed by atoms with Gasteiger partial charge in [-0.25, -0.2) is 4.39 Å². The first-order chi connectivity index (χ1) is 8.59. The van der Waals surface area contributed by atoms with E-state index in [0.717, 1.165) is 42.6 Å². The molecule has 0 aliphatic heterocycles. The van der Waals surface area contributed by atoms with Crippen molar-refractivity contribution in [1.29, 1.82) is 0 Å². The standard InChI is InChI=1S/C14H22BrFN2/c1-11(2)9-17-6-3-7-18-10-12-4-5-13(16)8-14(12)15/h4-5,8,11,17-18H,3,6-7,9-10H2,1-2H3. The van der Waals surface area contributed by atoms with Crippen LogP contribution in [0, 0.1) is 11.7 Å². The van der Waals surface area contributed by atoms with Crippen molar-refractivity contribution in [3.8, 4) is 0 Å². The zero-order chi connectivity index (χ0) is 13.4. The number of hydrogen-bond donors (Lipinski definition) is 2. The van der Waals surface area contributed by atoms with Crippen LogP contribution in [0.2, 0.25) is 0 Å². The van der Waals surface area contributed by atoms with E-state index in [1.807, 2.05) is 6.07 Å². The Morgan fingerprint density at radius 1 is 1.22 bits per heavy atom. The number of nitrogens with one attached hydrogen (secondary N) is 2. The molecular formula is C14H22BrFN2. The molecule has 1 rings (SSSR count). The molecule has 0 saturated heterocycles. The molecule has 4 heteroatoms. The summed E-state index contributed by atoms with van der Waals surface area (Å²) in [5.41, 5.74) is 1.09. The lowest BCUT2D eigenvalue weighted by atomic mass is 10.2. The minimum atomic E-state index is -0.205. The summed E-state index contributed by atoms with van der Waals surface area (Å²) in [6, 6.07) is 4.80. The van der Waals surface area contributed by atoms with Gasteiger partial charge in [0, 0.05) is 11.0 Å². The molecule has 0 atom stereocenters. The second-order valence-electron chi connectivity index (χ2n) is 4.86. The average Bonchev–Trinajstić information content (AvgIpc) is 2.30. The molecule has 2 N–H and O–H groups in total. The lowest BCUT2D eigenvalue weighted by Crippen LogP contribution is -2.24. The third-order valence-electron chi connectivity index (χ3n) is 2.59. The molecule has 0 aliphatic rings. The van der Waals surface area contributed by atoms with E-state index < -0.39 is 0 Å². The Labute approximate surface area is 117 Å². The number of rotatable bonds is 8. The Morgan fingerprint density at radius 2 is 1.94 bits per heavy atom. The Morgan fingerprint density at radius 3 is 2.61 bits per heavy atom. The van der Waals surface area contributed by atoms with Crippen molar-refractivity contribution in [2.45, 2.75) is 26.8 Å². The van der Waals surface area contributed by atoms with Gasteiger partial charge >= 0.3 is 0 Å². The second-order valence-corrected chi connectivity index (χ2v) is 5.72. The molecule has 0 unspecified atom stereocenters. The van der Waals surface area contributed by atoms with Crippen LogP contribution < -0.4 is 10.6 Å². The van der Waals surface area contributed by atoms with Gasteiger partial charge in [-0.15, -0.1) is 0 Å². The predicted molar refractivity (Wildman–Crippen MR) is 78.1 cm³/mol. The van der Waals surface area contributed by atoms with Gasteiger partial charge in [0.25, 0.3) is 0 Å². The van der Waals surface area contributed by atoms with Crippen LogP contribution in [0.5, 0.6) is 0 Å². The Hall–Kier alpha value is -0.450. The fraction of sp³-hybridized carbons (Fsp3) is 0.571. The van der Waals surface area contributed by atoms with Crippen LogP contribution >= 0.6 is 15.9 Å². The highest BCUT2D eigenvalue weighted by Gasteiger charge is 2.00. The minimum Gasteiger partial charge on any atom is -0.316 e. The summed E-state index contributed by atoms with van der Waals surface area (Å²) in [7, 11) is 0. The number of halogens is 2. The molecule has 0 radical (unpaired) electrons. The second kappa shape index (κ2) is 8.62. The van der Waals surface area contributed by atoms with Crippen LogP contribution in [-0.4, -0.2) is 19.6 Å². The first kappa shape index (κ1) is 15.6. The maximum Gasteiger partial charge on any atom is 0.124 e. The Kier molecular flexibility index (Phi) is 7.47. The van der Waals surface area contributed by atoms with Gasteiger partial charge in [0.05, 0.1) is 0 Å².